The Morgan fingerprint density at radius 1 is 1.45 bits per heavy atom. The highest BCUT2D eigenvalue weighted by Crippen LogP contribution is 2.57. The van der Waals surface area contributed by atoms with Crippen LogP contribution in [0.25, 0.3) is 0 Å². The van der Waals surface area contributed by atoms with Crippen LogP contribution in [0, 0.1) is 24.1 Å². The zero-order valence-corrected chi connectivity index (χ0v) is 13.3. The van der Waals surface area contributed by atoms with E-state index < -0.39 is 16.8 Å². The highest BCUT2D eigenvalue weighted by molar-refractivity contribution is 6.00. The van der Waals surface area contributed by atoms with E-state index in [2.05, 4.69) is 5.32 Å². The van der Waals surface area contributed by atoms with Crippen LogP contribution in [0.1, 0.15) is 32.3 Å². The Morgan fingerprint density at radius 3 is 2.91 bits per heavy atom. The first kappa shape index (κ1) is 15.4. The van der Waals surface area contributed by atoms with Crippen molar-refractivity contribution in [3.05, 3.63) is 29.6 Å². The van der Waals surface area contributed by atoms with E-state index in [-0.39, 0.29) is 23.6 Å². The van der Waals surface area contributed by atoms with Gasteiger partial charge in [0.15, 0.2) is 0 Å². The summed E-state index contributed by atoms with van der Waals surface area (Å²) in [6.07, 6.45) is 1.77. The number of ether oxygens (including phenoxy) is 1. The summed E-state index contributed by atoms with van der Waals surface area (Å²) >= 11 is 0. The Morgan fingerprint density at radius 2 is 2.18 bits per heavy atom. The van der Waals surface area contributed by atoms with Crippen LogP contribution in [0.4, 0.5) is 10.1 Å². The minimum absolute atomic E-state index is 0.000596. The van der Waals surface area contributed by atoms with Crippen molar-refractivity contribution in [2.45, 2.75) is 45.3 Å². The van der Waals surface area contributed by atoms with Gasteiger partial charge in [-0.15, -0.1) is 0 Å². The maximum Gasteiger partial charge on any atom is 0.245 e. The average molecular weight is 306 g/mol. The molecule has 1 saturated heterocycles. The van der Waals surface area contributed by atoms with Crippen molar-refractivity contribution in [3.63, 3.8) is 0 Å². The van der Waals surface area contributed by atoms with E-state index in [1.54, 1.807) is 12.1 Å². The van der Waals surface area contributed by atoms with E-state index in [1.165, 1.54) is 6.07 Å². The first-order valence-corrected chi connectivity index (χ1v) is 7.76. The van der Waals surface area contributed by atoms with Crippen molar-refractivity contribution in [1.82, 2.24) is 0 Å². The molecule has 1 amide bonds. The molecule has 5 heteroatoms. The summed E-state index contributed by atoms with van der Waals surface area (Å²) in [4.78, 5) is 12.8. The molecule has 22 heavy (non-hydrogen) atoms. The number of aryl methyl sites for hydroxylation is 1. The molecule has 3 unspecified atom stereocenters. The number of carbonyl (C=O) groups is 1. The van der Waals surface area contributed by atoms with Gasteiger partial charge in [0.05, 0.1) is 11.8 Å². The summed E-state index contributed by atoms with van der Waals surface area (Å²) in [5.41, 5.74) is 6.07. The molecule has 0 spiro atoms. The Balaban J connectivity index is 1.86. The molecule has 4 nitrogen and oxygen atoms in total. The first-order valence-electron chi connectivity index (χ1n) is 7.76. The van der Waals surface area contributed by atoms with Gasteiger partial charge in [-0.2, -0.15) is 0 Å². The standard InChI is InChI=1S/C17H23FN2O2/c1-10-6-7-12(18)13(9-10)20-15(21)17(19)11-5-4-8-22-14(11)16(17,2)3/h6-7,9,11,14H,4-5,8,19H2,1-3H3,(H,20,21). The molecule has 3 atom stereocenters. The molecular formula is C17H23FN2O2. The number of fused-ring (bicyclic) bond motifs is 1. The van der Waals surface area contributed by atoms with Gasteiger partial charge in [-0.1, -0.05) is 19.9 Å². The second-order valence-electron chi connectivity index (χ2n) is 7.07. The summed E-state index contributed by atoms with van der Waals surface area (Å²) < 4.78 is 19.7. The summed E-state index contributed by atoms with van der Waals surface area (Å²) in [5, 5.41) is 2.69. The Labute approximate surface area is 130 Å². The van der Waals surface area contributed by atoms with E-state index in [9.17, 15) is 9.18 Å². The minimum atomic E-state index is -1.03. The van der Waals surface area contributed by atoms with Crippen LogP contribution in [-0.4, -0.2) is 24.2 Å². The Bertz CT molecular complexity index is 617. The van der Waals surface area contributed by atoms with E-state index in [0.717, 1.165) is 25.0 Å². The third kappa shape index (κ3) is 1.99. The van der Waals surface area contributed by atoms with Crippen LogP contribution in [0.3, 0.4) is 0 Å². The van der Waals surface area contributed by atoms with Crippen LogP contribution >= 0.6 is 0 Å². The highest BCUT2D eigenvalue weighted by Gasteiger charge is 2.70. The smallest absolute Gasteiger partial charge is 0.245 e. The number of nitrogens with one attached hydrogen (secondary N) is 1. The summed E-state index contributed by atoms with van der Waals surface area (Å²) in [7, 11) is 0. The number of halogens is 1. The molecule has 0 bridgehead atoms. The van der Waals surface area contributed by atoms with Gasteiger partial charge in [-0.3, -0.25) is 4.79 Å². The summed E-state index contributed by atoms with van der Waals surface area (Å²) in [5.74, 6) is -0.783. The lowest BCUT2D eigenvalue weighted by Crippen LogP contribution is -2.81. The molecule has 2 aliphatic rings. The first-order chi connectivity index (χ1) is 10.3. The van der Waals surface area contributed by atoms with Gasteiger partial charge in [0.25, 0.3) is 0 Å². The second kappa shape index (κ2) is 5.03. The predicted molar refractivity (Wildman–Crippen MR) is 82.9 cm³/mol. The van der Waals surface area contributed by atoms with Crippen molar-refractivity contribution >= 4 is 11.6 Å². The molecule has 1 aromatic carbocycles. The van der Waals surface area contributed by atoms with Crippen LogP contribution in [0.2, 0.25) is 0 Å². The second-order valence-corrected chi connectivity index (χ2v) is 7.07. The Kier molecular flexibility index (Phi) is 3.53. The van der Waals surface area contributed by atoms with E-state index in [0.29, 0.717) is 0 Å². The number of hydrogen-bond acceptors (Lipinski definition) is 3. The molecule has 1 aromatic rings. The fourth-order valence-corrected chi connectivity index (χ4v) is 4.00. The lowest BCUT2D eigenvalue weighted by molar-refractivity contribution is -0.222. The lowest BCUT2D eigenvalue weighted by atomic mass is 9.46. The highest BCUT2D eigenvalue weighted by atomic mass is 19.1. The van der Waals surface area contributed by atoms with Crippen molar-refractivity contribution in [2.24, 2.45) is 17.1 Å². The lowest BCUT2D eigenvalue weighted by Gasteiger charge is -2.65. The molecule has 1 heterocycles. The van der Waals surface area contributed by atoms with Crippen molar-refractivity contribution in [3.8, 4) is 0 Å². The quantitative estimate of drug-likeness (QED) is 0.883. The minimum Gasteiger partial charge on any atom is -0.377 e. The Hall–Kier alpha value is -1.46. The van der Waals surface area contributed by atoms with Gasteiger partial charge >= 0.3 is 0 Å². The van der Waals surface area contributed by atoms with Gasteiger partial charge in [0.1, 0.15) is 11.4 Å². The molecular weight excluding hydrogens is 283 g/mol. The molecule has 2 fully saturated rings. The van der Waals surface area contributed by atoms with Crippen LogP contribution in [0.15, 0.2) is 18.2 Å². The van der Waals surface area contributed by atoms with E-state index >= 15 is 0 Å². The van der Waals surface area contributed by atoms with Gasteiger partial charge in [0, 0.05) is 17.9 Å². The predicted octanol–water partition coefficient (Wildman–Crippen LogP) is 2.61. The largest absolute Gasteiger partial charge is 0.377 e. The number of anilines is 1. The summed E-state index contributed by atoms with van der Waals surface area (Å²) in [6, 6.07) is 4.64. The number of nitrogens with two attached hydrogens (primary N) is 1. The van der Waals surface area contributed by atoms with Crippen molar-refractivity contribution < 1.29 is 13.9 Å². The van der Waals surface area contributed by atoms with Gasteiger partial charge < -0.3 is 15.8 Å². The monoisotopic (exact) mass is 306 g/mol. The molecule has 120 valence electrons. The van der Waals surface area contributed by atoms with Crippen LogP contribution in [-0.2, 0) is 9.53 Å². The maximum absolute atomic E-state index is 13.9. The number of rotatable bonds is 2. The molecule has 0 aromatic heterocycles. The van der Waals surface area contributed by atoms with E-state index in [4.69, 9.17) is 10.5 Å². The van der Waals surface area contributed by atoms with Crippen molar-refractivity contribution in [2.75, 3.05) is 11.9 Å². The molecule has 1 saturated carbocycles. The van der Waals surface area contributed by atoms with Gasteiger partial charge in [-0.05, 0) is 37.5 Å². The molecule has 1 aliphatic carbocycles. The zero-order chi connectivity index (χ0) is 16.1. The van der Waals surface area contributed by atoms with Crippen molar-refractivity contribution in [1.29, 1.82) is 0 Å². The summed E-state index contributed by atoms with van der Waals surface area (Å²) in [6.45, 7) is 6.47. The third-order valence-corrected chi connectivity index (χ3v) is 5.43. The fourth-order valence-electron chi connectivity index (χ4n) is 4.00. The topological polar surface area (TPSA) is 64.4 Å². The molecule has 3 rings (SSSR count). The SMILES string of the molecule is Cc1ccc(F)c(NC(=O)C2(N)C3CCCOC3C2(C)C)c1. The third-order valence-electron chi connectivity index (χ3n) is 5.43. The van der Waals surface area contributed by atoms with E-state index in [1.807, 2.05) is 20.8 Å². The van der Waals surface area contributed by atoms with Crippen LogP contribution in [0.5, 0.6) is 0 Å². The van der Waals surface area contributed by atoms with Gasteiger partial charge in [-0.25, -0.2) is 4.39 Å². The fraction of sp³-hybridized carbons (Fsp3) is 0.588. The molecule has 0 radical (unpaired) electrons. The number of amides is 1. The number of hydrogen-bond donors (Lipinski definition) is 2. The van der Waals surface area contributed by atoms with Gasteiger partial charge in [0.2, 0.25) is 5.91 Å². The molecule has 3 N–H and O–H groups in total. The van der Waals surface area contributed by atoms with Crippen LogP contribution < -0.4 is 11.1 Å². The molecule has 1 aliphatic heterocycles. The normalized spacial score (nSPS) is 32.8. The zero-order valence-electron chi connectivity index (χ0n) is 13.3. The maximum atomic E-state index is 13.9. The number of benzene rings is 1. The average Bonchev–Trinajstić information content (AvgIpc) is 2.50. The number of carbonyl (C=O) groups excluding carboxylic acids is 1.